The second-order valence-electron chi connectivity index (χ2n) is 10.1. The highest BCUT2D eigenvalue weighted by Crippen LogP contribution is 2.40. The second kappa shape index (κ2) is 10.1. The number of aryl methyl sites for hydroxylation is 2. The molecule has 186 valence electrons. The lowest BCUT2D eigenvalue weighted by Gasteiger charge is -2.28. The van der Waals surface area contributed by atoms with E-state index in [4.69, 9.17) is 0 Å². The van der Waals surface area contributed by atoms with Crippen LogP contribution in [0.5, 0.6) is 0 Å². The highest BCUT2D eigenvalue weighted by molar-refractivity contribution is 6.03. The zero-order chi connectivity index (χ0) is 26.1. The average Bonchev–Trinajstić information content (AvgIpc) is 3.19. The van der Waals surface area contributed by atoms with Crippen molar-refractivity contribution in [2.75, 3.05) is 16.8 Å². The number of hydrogen-bond donors (Lipinski definition) is 0. The lowest BCUT2D eigenvalue weighted by molar-refractivity contribution is 1.21. The minimum atomic E-state index is 0.955. The molecule has 0 amide bonds. The van der Waals surface area contributed by atoms with Gasteiger partial charge in [-0.25, -0.2) is 0 Å². The maximum atomic E-state index is 2.33. The molecule has 0 aromatic heterocycles. The SMILES string of the molecule is Cc1ccc(N(c2ccc(C)cc2)c2ccc(N(C)c3c4c(cc5ccccc35)C=CCC=C4)cc2)cc1. The van der Waals surface area contributed by atoms with Crippen LogP contribution in [-0.2, 0) is 0 Å². The molecule has 6 rings (SSSR count). The first-order chi connectivity index (χ1) is 18.6. The first-order valence-electron chi connectivity index (χ1n) is 13.2. The first-order valence-corrected chi connectivity index (χ1v) is 13.2. The third kappa shape index (κ3) is 4.50. The van der Waals surface area contributed by atoms with Crippen LogP contribution in [0.1, 0.15) is 28.7 Å². The molecular weight excluding hydrogens is 460 g/mol. The predicted molar refractivity (Wildman–Crippen MR) is 165 cm³/mol. The number of benzene rings is 5. The summed E-state index contributed by atoms with van der Waals surface area (Å²) in [7, 11) is 2.18. The number of allylic oxidation sites excluding steroid dienone is 2. The molecular formula is C36H32N2. The van der Waals surface area contributed by atoms with E-state index in [0.29, 0.717) is 0 Å². The Labute approximate surface area is 225 Å². The monoisotopic (exact) mass is 492 g/mol. The summed E-state index contributed by atoms with van der Waals surface area (Å²) in [6.07, 6.45) is 9.97. The minimum Gasteiger partial charge on any atom is -0.344 e. The van der Waals surface area contributed by atoms with Gasteiger partial charge >= 0.3 is 0 Å². The molecule has 0 atom stereocenters. The smallest absolute Gasteiger partial charge is 0.0567 e. The Morgan fingerprint density at radius 3 is 1.74 bits per heavy atom. The van der Waals surface area contributed by atoms with E-state index >= 15 is 0 Å². The molecule has 1 aliphatic carbocycles. The molecule has 5 aromatic carbocycles. The Morgan fingerprint density at radius 1 is 0.579 bits per heavy atom. The number of fused-ring (bicyclic) bond motifs is 2. The van der Waals surface area contributed by atoms with Crippen LogP contribution in [0.25, 0.3) is 22.9 Å². The Morgan fingerprint density at radius 2 is 1.11 bits per heavy atom. The summed E-state index contributed by atoms with van der Waals surface area (Å²) >= 11 is 0. The fourth-order valence-corrected chi connectivity index (χ4v) is 5.29. The molecule has 0 aliphatic heterocycles. The number of anilines is 5. The van der Waals surface area contributed by atoms with Gasteiger partial charge in [-0.15, -0.1) is 0 Å². The van der Waals surface area contributed by atoms with Crippen molar-refractivity contribution < 1.29 is 0 Å². The van der Waals surface area contributed by atoms with Gasteiger partial charge in [0.2, 0.25) is 0 Å². The van der Waals surface area contributed by atoms with Crippen molar-refractivity contribution in [2.45, 2.75) is 20.3 Å². The van der Waals surface area contributed by atoms with Gasteiger partial charge < -0.3 is 9.80 Å². The van der Waals surface area contributed by atoms with Crippen molar-refractivity contribution in [1.82, 2.24) is 0 Å². The van der Waals surface area contributed by atoms with E-state index in [9.17, 15) is 0 Å². The van der Waals surface area contributed by atoms with E-state index in [1.165, 1.54) is 38.7 Å². The zero-order valence-corrected chi connectivity index (χ0v) is 22.2. The third-order valence-electron chi connectivity index (χ3n) is 7.36. The first kappa shape index (κ1) is 23.8. The molecule has 2 heteroatoms. The van der Waals surface area contributed by atoms with Crippen LogP contribution >= 0.6 is 0 Å². The quantitative estimate of drug-likeness (QED) is 0.241. The van der Waals surface area contributed by atoms with E-state index in [0.717, 1.165) is 29.2 Å². The highest BCUT2D eigenvalue weighted by atomic mass is 15.1. The summed E-state index contributed by atoms with van der Waals surface area (Å²) in [5.74, 6) is 0. The number of hydrogen-bond acceptors (Lipinski definition) is 2. The Hall–Kier alpha value is -4.56. The molecule has 38 heavy (non-hydrogen) atoms. The van der Waals surface area contributed by atoms with Crippen LogP contribution in [-0.4, -0.2) is 7.05 Å². The van der Waals surface area contributed by atoms with Crippen molar-refractivity contribution in [3.63, 3.8) is 0 Å². The fraction of sp³-hybridized carbons (Fsp3) is 0.111. The van der Waals surface area contributed by atoms with Gasteiger partial charge in [0.15, 0.2) is 0 Å². The molecule has 0 unspecified atom stereocenters. The van der Waals surface area contributed by atoms with E-state index < -0.39 is 0 Å². The van der Waals surface area contributed by atoms with E-state index in [2.05, 4.69) is 158 Å². The molecule has 0 bridgehead atoms. The fourth-order valence-electron chi connectivity index (χ4n) is 5.29. The topological polar surface area (TPSA) is 6.48 Å². The Bertz CT molecular complexity index is 1590. The van der Waals surface area contributed by atoms with E-state index in [-0.39, 0.29) is 0 Å². The van der Waals surface area contributed by atoms with Gasteiger partial charge in [-0.1, -0.05) is 84.0 Å². The van der Waals surface area contributed by atoms with Gasteiger partial charge in [0, 0.05) is 40.7 Å². The summed E-state index contributed by atoms with van der Waals surface area (Å²) in [5.41, 5.74) is 10.9. The van der Waals surface area contributed by atoms with Crippen LogP contribution < -0.4 is 9.80 Å². The molecule has 1 aliphatic rings. The molecule has 0 spiro atoms. The standard InChI is InChI=1S/C36H32N2/c1-26-13-17-31(18-14-26)38(32-19-15-27(2)16-20-32)33-23-21-30(22-24-33)37(3)36-34-11-6-4-5-9-28(34)25-29-10-7-8-12-35(29)36/h5-25H,4H2,1-3H3. The van der Waals surface area contributed by atoms with E-state index in [1.807, 2.05) is 0 Å². The van der Waals surface area contributed by atoms with Gasteiger partial charge in [-0.3, -0.25) is 0 Å². The van der Waals surface area contributed by atoms with Crippen LogP contribution in [0, 0.1) is 13.8 Å². The van der Waals surface area contributed by atoms with Gasteiger partial charge in [0.05, 0.1) is 5.69 Å². The molecule has 2 nitrogen and oxygen atoms in total. The highest BCUT2D eigenvalue weighted by Gasteiger charge is 2.17. The predicted octanol–water partition coefficient (Wildman–Crippen LogP) is 10.1. The number of nitrogens with zero attached hydrogens (tertiary/aromatic N) is 2. The molecule has 0 heterocycles. The Kier molecular flexibility index (Phi) is 6.31. The maximum Gasteiger partial charge on any atom is 0.0567 e. The van der Waals surface area contributed by atoms with Crippen molar-refractivity contribution >= 4 is 51.4 Å². The lowest BCUT2D eigenvalue weighted by atomic mass is 9.97. The molecule has 0 N–H and O–H groups in total. The van der Waals surface area contributed by atoms with Gasteiger partial charge in [-0.2, -0.15) is 0 Å². The largest absolute Gasteiger partial charge is 0.344 e. The second-order valence-corrected chi connectivity index (χ2v) is 10.1. The minimum absolute atomic E-state index is 0.955. The molecule has 0 fully saturated rings. The molecule has 0 saturated heterocycles. The van der Waals surface area contributed by atoms with Gasteiger partial charge in [-0.05, 0) is 85.8 Å². The summed E-state index contributed by atoms with van der Waals surface area (Å²) in [6, 6.07) is 37.4. The average molecular weight is 493 g/mol. The zero-order valence-electron chi connectivity index (χ0n) is 22.2. The van der Waals surface area contributed by atoms with Crippen molar-refractivity contribution in [2.24, 2.45) is 0 Å². The van der Waals surface area contributed by atoms with Crippen LogP contribution in [0.4, 0.5) is 28.4 Å². The van der Waals surface area contributed by atoms with Crippen molar-refractivity contribution in [3.8, 4) is 0 Å². The summed E-state index contributed by atoms with van der Waals surface area (Å²) in [5, 5.41) is 2.52. The van der Waals surface area contributed by atoms with Crippen molar-refractivity contribution in [3.05, 3.63) is 138 Å². The third-order valence-corrected chi connectivity index (χ3v) is 7.36. The molecule has 5 aromatic rings. The van der Waals surface area contributed by atoms with Crippen LogP contribution in [0.15, 0.2) is 115 Å². The molecule has 0 radical (unpaired) electrons. The van der Waals surface area contributed by atoms with Crippen molar-refractivity contribution in [1.29, 1.82) is 0 Å². The molecule has 0 saturated carbocycles. The normalized spacial score (nSPS) is 12.3. The maximum absolute atomic E-state index is 2.33. The lowest BCUT2D eigenvalue weighted by Crippen LogP contribution is -2.13. The Balaban J connectivity index is 1.43. The van der Waals surface area contributed by atoms with Crippen LogP contribution in [0.3, 0.4) is 0 Å². The van der Waals surface area contributed by atoms with E-state index in [1.54, 1.807) is 0 Å². The summed E-state index contributed by atoms with van der Waals surface area (Å²) < 4.78 is 0. The number of rotatable bonds is 5. The van der Waals surface area contributed by atoms with Gasteiger partial charge in [0.25, 0.3) is 0 Å². The summed E-state index contributed by atoms with van der Waals surface area (Å²) in [6.45, 7) is 4.26. The van der Waals surface area contributed by atoms with Gasteiger partial charge in [0.1, 0.15) is 0 Å². The van der Waals surface area contributed by atoms with Crippen LogP contribution in [0.2, 0.25) is 0 Å². The summed E-state index contributed by atoms with van der Waals surface area (Å²) in [4.78, 5) is 4.65.